The summed E-state index contributed by atoms with van der Waals surface area (Å²) in [5.74, 6) is 0.319. The Hall–Kier alpha value is -3.63. The van der Waals surface area contributed by atoms with Gasteiger partial charge < -0.3 is 35.5 Å². The number of hydrogen-bond donors (Lipinski definition) is 4. The molecule has 1 unspecified atom stereocenters. The van der Waals surface area contributed by atoms with E-state index in [1.54, 1.807) is 36.4 Å². The second-order valence-electron chi connectivity index (χ2n) is 6.25. The molecule has 10 nitrogen and oxygen atoms in total. The summed E-state index contributed by atoms with van der Waals surface area (Å²) >= 11 is 0. The molecule has 2 aromatic carbocycles. The Morgan fingerprint density at radius 3 is 2.47 bits per heavy atom. The third-order valence-corrected chi connectivity index (χ3v) is 4.17. The van der Waals surface area contributed by atoms with Crippen LogP contribution in [0.5, 0.6) is 17.2 Å². The predicted octanol–water partition coefficient (Wildman–Crippen LogP) is 1.22. The normalized spacial score (nSPS) is 11.7. The van der Waals surface area contributed by atoms with Crippen LogP contribution in [-0.4, -0.2) is 59.6 Å². The van der Waals surface area contributed by atoms with Gasteiger partial charge in [0.2, 0.25) is 0 Å². The lowest BCUT2D eigenvalue weighted by molar-refractivity contribution is 0.0529. The van der Waals surface area contributed by atoms with Crippen molar-refractivity contribution in [2.45, 2.75) is 6.10 Å². The van der Waals surface area contributed by atoms with Gasteiger partial charge in [-0.2, -0.15) is 0 Å². The maximum absolute atomic E-state index is 12.0. The zero-order valence-corrected chi connectivity index (χ0v) is 16.5. The molecule has 3 rings (SSSR count). The van der Waals surface area contributed by atoms with Crippen molar-refractivity contribution in [1.29, 1.82) is 0 Å². The topological polar surface area (TPSA) is 149 Å². The Bertz CT molecular complexity index is 1060. The van der Waals surface area contributed by atoms with Gasteiger partial charge >= 0.3 is 0 Å². The molecule has 158 valence electrons. The molecule has 0 spiro atoms. The van der Waals surface area contributed by atoms with Crippen molar-refractivity contribution in [2.24, 2.45) is 5.73 Å². The smallest absolute Gasteiger partial charge is 0.271 e. The molecule has 0 aliphatic carbocycles. The van der Waals surface area contributed by atoms with Gasteiger partial charge in [0.15, 0.2) is 23.0 Å². The minimum Gasteiger partial charge on any atom is -0.497 e. The van der Waals surface area contributed by atoms with E-state index in [9.17, 15) is 9.90 Å². The van der Waals surface area contributed by atoms with Gasteiger partial charge in [-0.1, -0.05) is 12.1 Å². The molecule has 0 saturated carbocycles. The number of ether oxygens (including phenoxy) is 3. The van der Waals surface area contributed by atoms with E-state index >= 15 is 0 Å². The van der Waals surface area contributed by atoms with Crippen LogP contribution in [-0.2, 0) is 0 Å². The molecule has 1 atom stereocenters. The number of hydrogen-bond acceptors (Lipinski definition) is 9. The third-order valence-electron chi connectivity index (χ3n) is 4.17. The van der Waals surface area contributed by atoms with Gasteiger partial charge in [0, 0.05) is 12.1 Å². The monoisotopic (exact) mass is 414 g/mol. The first kappa shape index (κ1) is 21.1. The number of carbonyl (C=O) groups is 1. The van der Waals surface area contributed by atoms with Crippen molar-refractivity contribution in [2.75, 3.05) is 32.8 Å². The molecular weight excluding hydrogens is 392 g/mol. The number of methoxy groups -OCH3 is 2. The van der Waals surface area contributed by atoms with Crippen LogP contribution < -0.4 is 25.3 Å². The fourth-order valence-corrected chi connectivity index (χ4v) is 2.71. The maximum Gasteiger partial charge on any atom is 0.271 e. The Kier molecular flexibility index (Phi) is 6.50. The third kappa shape index (κ3) is 4.50. The summed E-state index contributed by atoms with van der Waals surface area (Å²) in [5, 5.41) is 21.7. The molecule has 0 fully saturated rings. The minimum atomic E-state index is -1.09. The van der Waals surface area contributed by atoms with Crippen LogP contribution >= 0.6 is 0 Å². The summed E-state index contributed by atoms with van der Waals surface area (Å²) in [5.41, 5.74) is 6.85. The van der Waals surface area contributed by atoms with E-state index in [1.807, 2.05) is 0 Å². The van der Waals surface area contributed by atoms with Crippen LogP contribution in [0.15, 0.2) is 36.4 Å². The number of benzene rings is 2. The Labute approximate surface area is 172 Å². The summed E-state index contributed by atoms with van der Waals surface area (Å²) < 4.78 is 16.3. The van der Waals surface area contributed by atoms with Crippen LogP contribution in [0.3, 0.4) is 0 Å². The fraction of sp³-hybridized carbons (Fsp3) is 0.250. The number of aliphatic hydroxyl groups excluding tert-OH is 2. The molecule has 0 bridgehead atoms. The second-order valence-corrected chi connectivity index (χ2v) is 6.25. The summed E-state index contributed by atoms with van der Waals surface area (Å²) in [7, 11) is 2.93. The lowest BCUT2D eigenvalue weighted by atomic mass is 10.2. The molecule has 0 saturated heterocycles. The molecule has 10 heteroatoms. The number of nitrogens with two attached hydrogens (primary N) is 1. The number of para-hydroxylation sites is 2. The molecule has 30 heavy (non-hydrogen) atoms. The van der Waals surface area contributed by atoms with Crippen LogP contribution in [0.1, 0.15) is 10.5 Å². The number of nitrogens with one attached hydrogen (secondary N) is 1. The molecular formula is C20H22N4O6. The predicted molar refractivity (Wildman–Crippen MR) is 109 cm³/mol. The lowest BCUT2D eigenvalue weighted by Gasteiger charge is -2.19. The largest absolute Gasteiger partial charge is 0.497 e. The Morgan fingerprint density at radius 1 is 1.17 bits per heavy atom. The van der Waals surface area contributed by atoms with E-state index in [1.165, 1.54) is 14.2 Å². The fourth-order valence-electron chi connectivity index (χ4n) is 2.71. The van der Waals surface area contributed by atoms with Gasteiger partial charge in [0.1, 0.15) is 18.5 Å². The molecule has 0 radical (unpaired) electrons. The number of anilines is 2. The average Bonchev–Trinajstić information content (AvgIpc) is 2.76. The van der Waals surface area contributed by atoms with E-state index in [0.717, 1.165) is 0 Å². The highest BCUT2D eigenvalue weighted by atomic mass is 16.5. The van der Waals surface area contributed by atoms with Crippen LogP contribution in [0.2, 0.25) is 0 Å². The number of amides is 1. The SMILES string of the molecule is COc1cc(Nc2nc3ccccc3nc2C(N)=O)c(OCC(O)CO)c(OC)c1. The number of carbonyl (C=O) groups excluding carboxylic acids is 1. The zero-order chi connectivity index (χ0) is 21.7. The highest BCUT2D eigenvalue weighted by Crippen LogP contribution is 2.41. The number of aromatic nitrogens is 2. The highest BCUT2D eigenvalue weighted by molar-refractivity contribution is 5.98. The van der Waals surface area contributed by atoms with E-state index in [-0.39, 0.29) is 23.9 Å². The molecule has 0 aliphatic heterocycles. The number of aliphatic hydroxyl groups is 2. The lowest BCUT2D eigenvalue weighted by Crippen LogP contribution is -2.22. The van der Waals surface area contributed by atoms with Gasteiger partial charge in [-0.15, -0.1) is 0 Å². The Balaban J connectivity index is 2.10. The first-order valence-electron chi connectivity index (χ1n) is 8.98. The summed E-state index contributed by atoms with van der Waals surface area (Å²) in [6.45, 7) is -0.664. The molecule has 1 amide bonds. The van der Waals surface area contributed by atoms with E-state index in [4.69, 9.17) is 25.1 Å². The zero-order valence-electron chi connectivity index (χ0n) is 16.5. The van der Waals surface area contributed by atoms with Gasteiger partial charge in [0.05, 0.1) is 37.5 Å². The first-order valence-corrected chi connectivity index (χ1v) is 8.98. The van der Waals surface area contributed by atoms with Gasteiger partial charge in [0.25, 0.3) is 5.91 Å². The van der Waals surface area contributed by atoms with Crippen LogP contribution in [0.25, 0.3) is 11.0 Å². The maximum atomic E-state index is 12.0. The number of fused-ring (bicyclic) bond motifs is 1. The highest BCUT2D eigenvalue weighted by Gasteiger charge is 2.20. The standard InChI is InChI=1S/C20H22N4O6/c1-28-12-7-15(18(16(8-12)29-2)30-10-11(26)9-25)24-20-17(19(21)27)22-13-5-3-4-6-14(13)23-20/h3-8,11,25-26H,9-10H2,1-2H3,(H2,21,27)(H,23,24). The molecule has 5 N–H and O–H groups in total. The van der Waals surface area contributed by atoms with Crippen LogP contribution in [0, 0.1) is 0 Å². The molecule has 3 aromatic rings. The van der Waals surface area contributed by atoms with Crippen molar-refractivity contribution >= 4 is 28.4 Å². The van der Waals surface area contributed by atoms with E-state index < -0.39 is 18.6 Å². The number of rotatable bonds is 9. The van der Waals surface area contributed by atoms with Gasteiger partial charge in [-0.3, -0.25) is 4.79 Å². The van der Waals surface area contributed by atoms with E-state index in [0.29, 0.717) is 28.2 Å². The summed E-state index contributed by atoms with van der Waals surface area (Å²) in [4.78, 5) is 20.7. The van der Waals surface area contributed by atoms with Crippen molar-refractivity contribution < 1.29 is 29.2 Å². The minimum absolute atomic E-state index is 0.0585. The second kappa shape index (κ2) is 9.25. The summed E-state index contributed by atoms with van der Waals surface area (Å²) in [6.07, 6.45) is -1.09. The van der Waals surface area contributed by atoms with E-state index in [2.05, 4.69) is 15.3 Å². The van der Waals surface area contributed by atoms with Crippen molar-refractivity contribution in [3.63, 3.8) is 0 Å². The molecule has 0 aliphatic rings. The Morgan fingerprint density at radius 2 is 1.87 bits per heavy atom. The van der Waals surface area contributed by atoms with Crippen molar-refractivity contribution in [3.8, 4) is 17.2 Å². The van der Waals surface area contributed by atoms with Gasteiger partial charge in [-0.05, 0) is 12.1 Å². The van der Waals surface area contributed by atoms with Crippen molar-refractivity contribution in [3.05, 3.63) is 42.1 Å². The average molecular weight is 414 g/mol. The van der Waals surface area contributed by atoms with Crippen molar-refractivity contribution in [1.82, 2.24) is 9.97 Å². The first-order chi connectivity index (χ1) is 14.5. The quantitative estimate of drug-likeness (QED) is 0.405. The summed E-state index contributed by atoms with van der Waals surface area (Å²) in [6, 6.07) is 10.2. The van der Waals surface area contributed by atoms with Gasteiger partial charge in [-0.25, -0.2) is 9.97 Å². The molecule has 1 heterocycles. The van der Waals surface area contributed by atoms with Crippen LogP contribution in [0.4, 0.5) is 11.5 Å². The number of nitrogens with zero attached hydrogens (tertiary/aromatic N) is 2. The molecule has 1 aromatic heterocycles. The number of primary amides is 1.